The molecule has 0 saturated carbocycles. The molecule has 2 aromatic carbocycles. The van der Waals surface area contributed by atoms with E-state index in [1.165, 1.54) is 0 Å². The predicted octanol–water partition coefficient (Wildman–Crippen LogP) is 2.11. The first kappa shape index (κ1) is 16.9. The highest BCUT2D eigenvalue weighted by molar-refractivity contribution is 5.94. The second kappa shape index (κ2) is 7.00. The minimum atomic E-state index is -0.371. The summed E-state index contributed by atoms with van der Waals surface area (Å²) >= 11 is 0. The number of aromatic nitrogens is 4. The number of hydrogen-bond donors (Lipinski definition) is 2. The van der Waals surface area contributed by atoms with Crippen LogP contribution in [0.25, 0.3) is 27.9 Å². The van der Waals surface area contributed by atoms with Crippen molar-refractivity contribution in [3.05, 3.63) is 59.9 Å². The fourth-order valence-corrected chi connectivity index (χ4v) is 2.90. The standard InChI is InChI=1S/C19H17N5O3/c1-12-17(19(26)20-9-10-25)21-23-24(12)14-7-8-16-15(11-14)18(27-22-16)13-5-3-2-4-6-13/h2-8,11,25H,9-10H2,1H3,(H,20,26). The molecule has 4 aromatic rings. The minimum Gasteiger partial charge on any atom is -0.395 e. The summed E-state index contributed by atoms with van der Waals surface area (Å²) in [6.45, 7) is 1.80. The Morgan fingerprint density at radius 3 is 2.81 bits per heavy atom. The predicted molar refractivity (Wildman–Crippen MR) is 98.5 cm³/mol. The lowest BCUT2D eigenvalue weighted by molar-refractivity contribution is 0.0939. The van der Waals surface area contributed by atoms with Crippen LogP contribution in [0.15, 0.2) is 53.1 Å². The van der Waals surface area contributed by atoms with Crippen molar-refractivity contribution in [1.82, 2.24) is 25.5 Å². The second-order valence-corrected chi connectivity index (χ2v) is 5.99. The molecule has 2 heterocycles. The molecule has 0 spiro atoms. The lowest BCUT2D eigenvalue weighted by Crippen LogP contribution is -2.27. The van der Waals surface area contributed by atoms with Crippen molar-refractivity contribution >= 4 is 16.8 Å². The molecule has 136 valence electrons. The van der Waals surface area contributed by atoms with E-state index in [9.17, 15) is 4.79 Å². The van der Waals surface area contributed by atoms with Gasteiger partial charge in [0.25, 0.3) is 5.91 Å². The molecule has 0 unspecified atom stereocenters. The Kier molecular flexibility index (Phi) is 4.39. The van der Waals surface area contributed by atoms with Crippen LogP contribution < -0.4 is 5.32 Å². The van der Waals surface area contributed by atoms with Crippen molar-refractivity contribution in [1.29, 1.82) is 0 Å². The number of carbonyl (C=O) groups is 1. The van der Waals surface area contributed by atoms with Gasteiger partial charge in [0.15, 0.2) is 11.5 Å². The molecule has 0 bridgehead atoms. The normalized spacial score (nSPS) is 11.0. The summed E-state index contributed by atoms with van der Waals surface area (Å²) in [6, 6.07) is 15.3. The maximum absolute atomic E-state index is 12.1. The molecule has 0 atom stereocenters. The van der Waals surface area contributed by atoms with Crippen LogP contribution in [0.1, 0.15) is 16.2 Å². The van der Waals surface area contributed by atoms with Crippen LogP contribution in [-0.4, -0.2) is 44.3 Å². The Balaban J connectivity index is 1.75. The first-order valence-corrected chi connectivity index (χ1v) is 8.45. The molecule has 8 nitrogen and oxygen atoms in total. The Hall–Kier alpha value is -3.52. The summed E-state index contributed by atoms with van der Waals surface area (Å²) < 4.78 is 7.12. The van der Waals surface area contributed by atoms with Gasteiger partial charge in [-0.25, -0.2) is 4.68 Å². The maximum atomic E-state index is 12.1. The molecule has 0 saturated heterocycles. The molecule has 0 aliphatic heterocycles. The van der Waals surface area contributed by atoms with Crippen molar-refractivity contribution < 1.29 is 14.4 Å². The van der Waals surface area contributed by atoms with Gasteiger partial charge in [-0.3, -0.25) is 4.79 Å². The monoisotopic (exact) mass is 363 g/mol. The summed E-state index contributed by atoms with van der Waals surface area (Å²) in [6.07, 6.45) is 0. The quantitative estimate of drug-likeness (QED) is 0.562. The summed E-state index contributed by atoms with van der Waals surface area (Å²) in [4.78, 5) is 12.1. The van der Waals surface area contributed by atoms with Gasteiger partial charge < -0.3 is 14.9 Å². The smallest absolute Gasteiger partial charge is 0.273 e. The Bertz CT molecular complexity index is 1100. The minimum absolute atomic E-state index is 0.134. The van der Waals surface area contributed by atoms with Crippen LogP contribution >= 0.6 is 0 Å². The zero-order valence-corrected chi connectivity index (χ0v) is 14.6. The molecular formula is C19H17N5O3. The summed E-state index contributed by atoms with van der Waals surface area (Å²) in [5, 5.41) is 24.5. The van der Waals surface area contributed by atoms with Crippen LogP contribution in [0.2, 0.25) is 0 Å². The van der Waals surface area contributed by atoms with Crippen molar-refractivity contribution in [3.8, 4) is 17.0 Å². The van der Waals surface area contributed by atoms with E-state index in [1.54, 1.807) is 11.6 Å². The maximum Gasteiger partial charge on any atom is 0.273 e. The number of fused-ring (bicyclic) bond motifs is 1. The average molecular weight is 363 g/mol. The third-order valence-electron chi connectivity index (χ3n) is 4.25. The number of nitrogens with one attached hydrogen (secondary N) is 1. The van der Waals surface area contributed by atoms with E-state index in [-0.39, 0.29) is 24.8 Å². The first-order chi connectivity index (χ1) is 13.2. The number of nitrogens with zero attached hydrogens (tertiary/aromatic N) is 4. The van der Waals surface area contributed by atoms with E-state index in [2.05, 4.69) is 20.8 Å². The number of amides is 1. The van der Waals surface area contributed by atoms with Crippen molar-refractivity contribution in [3.63, 3.8) is 0 Å². The Labute approximate surface area is 154 Å². The fourth-order valence-electron chi connectivity index (χ4n) is 2.90. The summed E-state index contributed by atoms with van der Waals surface area (Å²) in [7, 11) is 0. The number of aliphatic hydroxyl groups is 1. The molecule has 2 N–H and O–H groups in total. The highest BCUT2D eigenvalue weighted by Gasteiger charge is 2.18. The number of benzene rings is 2. The number of hydrogen-bond acceptors (Lipinski definition) is 6. The van der Waals surface area contributed by atoms with Crippen LogP contribution in [-0.2, 0) is 0 Å². The van der Waals surface area contributed by atoms with E-state index in [0.29, 0.717) is 11.5 Å². The highest BCUT2D eigenvalue weighted by atomic mass is 16.5. The number of rotatable bonds is 5. The van der Waals surface area contributed by atoms with Gasteiger partial charge in [0.05, 0.1) is 23.4 Å². The molecule has 0 aliphatic rings. The van der Waals surface area contributed by atoms with Gasteiger partial charge in [-0.05, 0) is 25.1 Å². The molecule has 8 heteroatoms. The zero-order chi connectivity index (χ0) is 18.8. The molecule has 0 fully saturated rings. The van der Waals surface area contributed by atoms with Crippen molar-refractivity contribution in [2.75, 3.05) is 13.2 Å². The molecule has 4 rings (SSSR count). The zero-order valence-electron chi connectivity index (χ0n) is 14.6. The molecular weight excluding hydrogens is 346 g/mol. The van der Waals surface area contributed by atoms with Crippen LogP contribution in [0.3, 0.4) is 0 Å². The van der Waals surface area contributed by atoms with Gasteiger partial charge in [-0.15, -0.1) is 5.10 Å². The van der Waals surface area contributed by atoms with Crippen molar-refractivity contribution in [2.45, 2.75) is 6.92 Å². The molecule has 0 aliphatic carbocycles. The van der Waals surface area contributed by atoms with Gasteiger partial charge in [0, 0.05) is 12.1 Å². The van der Waals surface area contributed by atoms with Gasteiger partial charge >= 0.3 is 0 Å². The van der Waals surface area contributed by atoms with E-state index in [0.717, 1.165) is 22.2 Å². The molecule has 27 heavy (non-hydrogen) atoms. The molecule has 0 radical (unpaired) electrons. The largest absolute Gasteiger partial charge is 0.395 e. The van der Waals surface area contributed by atoms with Gasteiger partial charge in [-0.1, -0.05) is 40.7 Å². The van der Waals surface area contributed by atoms with Crippen LogP contribution in [0.4, 0.5) is 0 Å². The third kappa shape index (κ3) is 3.06. The topological polar surface area (TPSA) is 106 Å². The lowest BCUT2D eigenvalue weighted by atomic mass is 10.1. The van der Waals surface area contributed by atoms with E-state index >= 15 is 0 Å². The summed E-state index contributed by atoms with van der Waals surface area (Å²) in [5.41, 5.74) is 3.22. The van der Waals surface area contributed by atoms with E-state index in [4.69, 9.17) is 9.63 Å². The third-order valence-corrected chi connectivity index (χ3v) is 4.25. The highest BCUT2D eigenvalue weighted by Crippen LogP contribution is 2.30. The molecule has 1 amide bonds. The fraction of sp³-hybridized carbons (Fsp3) is 0.158. The van der Waals surface area contributed by atoms with Crippen LogP contribution in [0, 0.1) is 6.92 Å². The average Bonchev–Trinajstić information content (AvgIpc) is 3.29. The first-order valence-electron chi connectivity index (χ1n) is 8.45. The second-order valence-electron chi connectivity index (χ2n) is 5.99. The lowest BCUT2D eigenvalue weighted by Gasteiger charge is -2.05. The number of aliphatic hydroxyl groups excluding tert-OH is 1. The Morgan fingerprint density at radius 2 is 2.04 bits per heavy atom. The Morgan fingerprint density at radius 1 is 1.22 bits per heavy atom. The molecule has 2 aromatic heterocycles. The number of carbonyl (C=O) groups excluding carboxylic acids is 1. The van der Waals surface area contributed by atoms with Gasteiger partial charge in [0.1, 0.15) is 5.52 Å². The van der Waals surface area contributed by atoms with E-state index in [1.807, 2.05) is 48.5 Å². The van der Waals surface area contributed by atoms with Crippen molar-refractivity contribution in [2.24, 2.45) is 0 Å². The van der Waals surface area contributed by atoms with Crippen LogP contribution in [0.5, 0.6) is 0 Å². The SMILES string of the molecule is Cc1c(C(=O)NCCO)nnn1-c1ccc2noc(-c3ccccc3)c2c1. The van der Waals surface area contributed by atoms with Gasteiger partial charge in [0.2, 0.25) is 0 Å². The van der Waals surface area contributed by atoms with Gasteiger partial charge in [-0.2, -0.15) is 0 Å². The van der Waals surface area contributed by atoms with E-state index < -0.39 is 0 Å². The summed E-state index contributed by atoms with van der Waals surface area (Å²) in [5.74, 6) is 0.301.